The molecule has 2 saturated heterocycles. The van der Waals surface area contributed by atoms with Crippen LogP contribution in [0.4, 0.5) is 4.79 Å². The molecule has 0 aromatic rings. The van der Waals surface area contributed by atoms with Gasteiger partial charge in [-0.15, -0.1) is 0 Å². The Hall–Kier alpha value is -1.83. The minimum Gasteiger partial charge on any atom is -0.342 e. The lowest BCUT2D eigenvalue weighted by Gasteiger charge is -2.36. The number of hydrogen-bond donors (Lipinski definition) is 3. The van der Waals surface area contributed by atoms with Crippen LogP contribution in [0.5, 0.6) is 0 Å². The van der Waals surface area contributed by atoms with E-state index < -0.39 is 11.5 Å². The van der Waals surface area contributed by atoms with Gasteiger partial charge in [-0.05, 0) is 46.1 Å². The molecule has 2 unspecified atom stereocenters. The Labute approximate surface area is 168 Å². The van der Waals surface area contributed by atoms with Gasteiger partial charge in [0, 0.05) is 19.1 Å². The van der Waals surface area contributed by atoms with E-state index in [1.54, 1.807) is 14.0 Å². The molecular weight excluding hydrogens is 358 g/mol. The minimum atomic E-state index is -0.604. The van der Waals surface area contributed by atoms with E-state index in [9.17, 15) is 14.4 Å². The van der Waals surface area contributed by atoms with Crippen molar-refractivity contribution in [2.75, 3.05) is 20.1 Å². The van der Waals surface area contributed by atoms with Crippen molar-refractivity contribution < 1.29 is 14.4 Å². The Balaban J connectivity index is 2.12. The molecule has 0 saturated carbocycles. The number of urea groups is 1. The molecular formula is C20H37N5O3. The molecule has 2 fully saturated rings. The second-order valence-corrected chi connectivity index (χ2v) is 9.36. The first-order valence-electron chi connectivity index (χ1n) is 10.3. The number of carbonyl (C=O) groups excluding carboxylic acids is 3. The second kappa shape index (κ2) is 8.68. The highest BCUT2D eigenvalue weighted by atomic mass is 16.2. The fraction of sp³-hybridized carbons (Fsp3) is 0.850. The van der Waals surface area contributed by atoms with E-state index in [0.717, 1.165) is 12.8 Å². The average Bonchev–Trinajstić information content (AvgIpc) is 3.18. The van der Waals surface area contributed by atoms with E-state index >= 15 is 0 Å². The van der Waals surface area contributed by atoms with Crippen LogP contribution < -0.4 is 16.0 Å². The molecule has 160 valence electrons. The third kappa shape index (κ3) is 4.77. The zero-order chi connectivity index (χ0) is 21.2. The monoisotopic (exact) mass is 395 g/mol. The minimum absolute atomic E-state index is 0.0221. The molecule has 0 spiro atoms. The summed E-state index contributed by atoms with van der Waals surface area (Å²) >= 11 is 0. The first-order valence-corrected chi connectivity index (χ1v) is 10.3. The van der Waals surface area contributed by atoms with Gasteiger partial charge in [-0.3, -0.25) is 9.59 Å². The molecule has 2 heterocycles. The lowest BCUT2D eigenvalue weighted by atomic mass is 9.85. The molecule has 0 radical (unpaired) electrons. The molecule has 2 aliphatic rings. The number of nitrogens with one attached hydrogen (secondary N) is 3. The van der Waals surface area contributed by atoms with E-state index in [1.165, 1.54) is 0 Å². The van der Waals surface area contributed by atoms with E-state index in [0.29, 0.717) is 13.1 Å². The maximum atomic E-state index is 13.4. The zero-order valence-electron chi connectivity index (χ0n) is 18.3. The highest BCUT2D eigenvalue weighted by molar-refractivity contribution is 5.90. The average molecular weight is 396 g/mol. The quantitative estimate of drug-likeness (QED) is 0.645. The van der Waals surface area contributed by atoms with Crippen molar-refractivity contribution in [1.29, 1.82) is 0 Å². The van der Waals surface area contributed by atoms with Crippen molar-refractivity contribution in [2.45, 2.75) is 84.6 Å². The van der Waals surface area contributed by atoms with Crippen molar-refractivity contribution in [3.63, 3.8) is 0 Å². The number of amides is 4. The molecule has 2 aliphatic heterocycles. The fourth-order valence-corrected chi connectivity index (χ4v) is 4.05. The van der Waals surface area contributed by atoms with Gasteiger partial charge in [-0.1, -0.05) is 20.8 Å². The Morgan fingerprint density at radius 1 is 0.929 bits per heavy atom. The SMILES string of the molecule is CN[C@@H](C)C(=O)NC(C(=O)N1CC[C@@H]2C1CCN2C(=O)NC(C)C)C(C)(C)C. The molecule has 0 bridgehead atoms. The number of carbonyl (C=O) groups is 3. The molecule has 0 aromatic carbocycles. The molecule has 4 amide bonds. The Morgan fingerprint density at radius 3 is 1.96 bits per heavy atom. The summed E-state index contributed by atoms with van der Waals surface area (Å²) in [4.78, 5) is 42.0. The molecule has 4 atom stereocenters. The molecule has 2 rings (SSSR count). The van der Waals surface area contributed by atoms with E-state index in [1.807, 2.05) is 44.4 Å². The van der Waals surface area contributed by atoms with Crippen LogP contribution in [0.3, 0.4) is 0 Å². The number of likely N-dealkylation sites (tertiary alicyclic amines) is 2. The summed E-state index contributed by atoms with van der Waals surface area (Å²) in [5.74, 6) is -0.237. The summed E-state index contributed by atoms with van der Waals surface area (Å²) in [5.41, 5.74) is -0.411. The van der Waals surface area contributed by atoms with Crippen molar-refractivity contribution in [3.8, 4) is 0 Å². The molecule has 8 heteroatoms. The van der Waals surface area contributed by atoms with Crippen LogP contribution in [0, 0.1) is 5.41 Å². The van der Waals surface area contributed by atoms with Crippen LogP contribution in [0.2, 0.25) is 0 Å². The number of likely N-dealkylation sites (N-methyl/N-ethyl adjacent to an activating group) is 1. The van der Waals surface area contributed by atoms with E-state index in [4.69, 9.17) is 0 Å². The normalized spacial score (nSPS) is 24.1. The zero-order valence-corrected chi connectivity index (χ0v) is 18.3. The molecule has 3 N–H and O–H groups in total. The number of nitrogens with zero attached hydrogens (tertiary/aromatic N) is 2. The smallest absolute Gasteiger partial charge is 0.317 e. The van der Waals surface area contributed by atoms with Crippen LogP contribution >= 0.6 is 0 Å². The topological polar surface area (TPSA) is 93.8 Å². The molecule has 8 nitrogen and oxygen atoms in total. The lowest BCUT2D eigenvalue weighted by Crippen LogP contribution is -2.58. The van der Waals surface area contributed by atoms with Gasteiger partial charge in [0.1, 0.15) is 6.04 Å². The van der Waals surface area contributed by atoms with Crippen molar-refractivity contribution >= 4 is 17.8 Å². The summed E-state index contributed by atoms with van der Waals surface area (Å²) in [5, 5.41) is 8.80. The summed E-state index contributed by atoms with van der Waals surface area (Å²) < 4.78 is 0. The molecule has 28 heavy (non-hydrogen) atoms. The maximum Gasteiger partial charge on any atom is 0.317 e. The first-order chi connectivity index (χ1) is 13.0. The van der Waals surface area contributed by atoms with Crippen LogP contribution in [0.25, 0.3) is 0 Å². The summed E-state index contributed by atoms with van der Waals surface area (Å²) in [6, 6.07) is -0.872. The third-order valence-corrected chi connectivity index (χ3v) is 5.76. The van der Waals surface area contributed by atoms with Crippen molar-refractivity contribution in [1.82, 2.24) is 25.8 Å². The van der Waals surface area contributed by atoms with Gasteiger partial charge in [0.15, 0.2) is 0 Å². The number of rotatable bonds is 5. The second-order valence-electron chi connectivity index (χ2n) is 9.36. The predicted molar refractivity (Wildman–Crippen MR) is 109 cm³/mol. The fourth-order valence-electron chi connectivity index (χ4n) is 4.05. The largest absolute Gasteiger partial charge is 0.342 e. The highest BCUT2D eigenvalue weighted by Crippen LogP contribution is 2.33. The first kappa shape index (κ1) is 22.5. The summed E-state index contributed by atoms with van der Waals surface area (Å²) in [6.07, 6.45) is 1.55. The summed E-state index contributed by atoms with van der Waals surface area (Å²) in [7, 11) is 1.72. The predicted octanol–water partition coefficient (Wildman–Crippen LogP) is 0.918. The molecule has 0 aromatic heterocycles. The Bertz CT molecular complexity index is 601. The van der Waals surface area contributed by atoms with Crippen molar-refractivity contribution in [3.05, 3.63) is 0 Å². The van der Waals surface area contributed by atoms with Gasteiger partial charge >= 0.3 is 6.03 Å². The summed E-state index contributed by atoms with van der Waals surface area (Å²) in [6.45, 7) is 12.8. The van der Waals surface area contributed by atoms with Gasteiger partial charge in [-0.2, -0.15) is 0 Å². The Kier molecular flexibility index (Phi) is 6.96. The van der Waals surface area contributed by atoms with E-state index in [2.05, 4.69) is 16.0 Å². The van der Waals surface area contributed by atoms with Gasteiger partial charge < -0.3 is 25.8 Å². The Morgan fingerprint density at radius 2 is 1.46 bits per heavy atom. The number of fused-ring (bicyclic) bond motifs is 1. The van der Waals surface area contributed by atoms with Crippen LogP contribution in [0.15, 0.2) is 0 Å². The van der Waals surface area contributed by atoms with Gasteiger partial charge in [0.2, 0.25) is 11.8 Å². The highest BCUT2D eigenvalue weighted by Gasteiger charge is 2.48. The van der Waals surface area contributed by atoms with Gasteiger partial charge in [0.05, 0.1) is 18.1 Å². The van der Waals surface area contributed by atoms with Gasteiger partial charge in [0.25, 0.3) is 0 Å². The van der Waals surface area contributed by atoms with Crippen LogP contribution in [-0.2, 0) is 9.59 Å². The standard InChI is InChI=1S/C20H37N5O3/c1-12(2)22-19(28)25-11-9-14-15(25)8-10-24(14)18(27)16(20(4,5)6)23-17(26)13(3)21-7/h12-16,21H,8-11H2,1-7H3,(H,22,28)(H,23,26)/t13-,14?,15+,16?/m0/s1. The lowest BCUT2D eigenvalue weighted by molar-refractivity contribution is -0.140. The van der Waals surface area contributed by atoms with Crippen molar-refractivity contribution in [2.24, 2.45) is 5.41 Å². The molecule has 0 aliphatic carbocycles. The van der Waals surface area contributed by atoms with Gasteiger partial charge in [-0.25, -0.2) is 4.79 Å². The third-order valence-electron chi connectivity index (χ3n) is 5.76. The van der Waals surface area contributed by atoms with Crippen LogP contribution in [0.1, 0.15) is 54.4 Å². The maximum absolute atomic E-state index is 13.4. The number of hydrogen-bond acceptors (Lipinski definition) is 4. The van der Waals surface area contributed by atoms with E-state index in [-0.39, 0.29) is 42.0 Å². The van der Waals surface area contributed by atoms with Crippen LogP contribution in [-0.4, -0.2) is 78.0 Å².